The first-order valence-electron chi connectivity index (χ1n) is 7.27. The number of amides is 1. The van der Waals surface area contributed by atoms with Crippen molar-refractivity contribution >= 4 is 5.91 Å². The first-order chi connectivity index (χ1) is 9.54. The molecular weight excluding hydrogens is 255 g/mol. The molecule has 1 aliphatic heterocycles. The average Bonchev–Trinajstić information content (AvgIpc) is 2.36. The molecule has 0 saturated carbocycles. The van der Waals surface area contributed by atoms with Crippen molar-refractivity contribution in [3.05, 3.63) is 35.6 Å². The van der Waals surface area contributed by atoms with Crippen LogP contribution in [0.15, 0.2) is 24.3 Å². The van der Waals surface area contributed by atoms with E-state index < -0.39 is 0 Å². The molecule has 0 unspecified atom stereocenters. The van der Waals surface area contributed by atoms with E-state index in [0.717, 1.165) is 13.1 Å². The summed E-state index contributed by atoms with van der Waals surface area (Å²) in [4.78, 5) is 14.1. The van der Waals surface area contributed by atoms with Gasteiger partial charge in [-0.25, -0.2) is 4.39 Å². The Morgan fingerprint density at radius 2 is 1.95 bits per heavy atom. The normalized spacial score (nSPS) is 23.6. The van der Waals surface area contributed by atoms with Crippen molar-refractivity contribution in [3.8, 4) is 0 Å². The Hall–Kier alpha value is -1.42. The van der Waals surface area contributed by atoms with Crippen LogP contribution >= 0.6 is 0 Å². The highest BCUT2D eigenvalue weighted by atomic mass is 19.1. The zero-order valence-electron chi connectivity index (χ0n) is 12.2. The Kier molecular flexibility index (Phi) is 5.12. The molecule has 1 fully saturated rings. The molecule has 20 heavy (non-hydrogen) atoms. The van der Waals surface area contributed by atoms with Crippen molar-refractivity contribution in [3.63, 3.8) is 0 Å². The van der Waals surface area contributed by atoms with Crippen molar-refractivity contribution in [2.75, 3.05) is 19.6 Å². The van der Waals surface area contributed by atoms with Gasteiger partial charge in [-0.2, -0.15) is 0 Å². The van der Waals surface area contributed by atoms with Crippen LogP contribution in [0.3, 0.4) is 0 Å². The van der Waals surface area contributed by atoms with E-state index in [4.69, 9.17) is 0 Å². The van der Waals surface area contributed by atoms with Gasteiger partial charge in [0.15, 0.2) is 0 Å². The number of halogens is 1. The maximum absolute atomic E-state index is 13.4. The van der Waals surface area contributed by atoms with Crippen LogP contribution in [0.1, 0.15) is 25.8 Å². The number of carbonyl (C=O) groups is 1. The third kappa shape index (κ3) is 4.30. The van der Waals surface area contributed by atoms with Crippen molar-refractivity contribution in [2.24, 2.45) is 11.8 Å². The van der Waals surface area contributed by atoms with Gasteiger partial charge in [-0.15, -0.1) is 0 Å². The van der Waals surface area contributed by atoms with Gasteiger partial charge in [0.05, 0.1) is 6.54 Å². The minimum absolute atomic E-state index is 0.0328. The topological polar surface area (TPSA) is 32.3 Å². The second-order valence-corrected chi connectivity index (χ2v) is 6.01. The summed E-state index contributed by atoms with van der Waals surface area (Å²) in [6, 6.07) is 6.53. The molecule has 0 aliphatic carbocycles. The molecule has 1 amide bonds. The molecule has 0 radical (unpaired) electrons. The minimum Gasteiger partial charge on any atom is -0.351 e. The molecule has 1 heterocycles. The Bertz CT molecular complexity index is 454. The standard InChI is InChI=1S/C16H23FN2O/c1-12-7-13(2)10-19(9-12)11-16(20)18-8-14-5-3-4-6-15(14)17/h3-6,12-13H,7-11H2,1-2H3,(H,18,20)/t12-,13-/m0/s1. The molecule has 3 nitrogen and oxygen atoms in total. The smallest absolute Gasteiger partial charge is 0.234 e. The van der Waals surface area contributed by atoms with E-state index >= 15 is 0 Å². The summed E-state index contributed by atoms with van der Waals surface area (Å²) in [6.07, 6.45) is 1.23. The molecule has 1 aromatic carbocycles. The van der Waals surface area contributed by atoms with Crippen molar-refractivity contribution in [1.82, 2.24) is 10.2 Å². The number of nitrogens with one attached hydrogen (secondary N) is 1. The fourth-order valence-electron chi connectivity index (χ4n) is 3.02. The number of piperidine rings is 1. The van der Waals surface area contributed by atoms with Crippen LogP contribution in [0.2, 0.25) is 0 Å². The van der Waals surface area contributed by atoms with Crippen molar-refractivity contribution in [2.45, 2.75) is 26.8 Å². The number of carbonyl (C=O) groups excluding carboxylic acids is 1. The number of rotatable bonds is 4. The van der Waals surface area contributed by atoms with E-state index in [-0.39, 0.29) is 18.3 Å². The van der Waals surface area contributed by atoms with Gasteiger partial charge in [-0.05, 0) is 24.3 Å². The highest BCUT2D eigenvalue weighted by Gasteiger charge is 2.23. The summed E-state index contributed by atoms with van der Waals surface area (Å²) in [7, 11) is 0. The van der Waals surface area contributed by atoms with Crippen LogP contribution in [0.4, 0.5) is 4.39 Å². The molecule has 1 aliphatic rings. The van der Waals surface area contributed by atoms with E-state index in [1.165, 1.54) is 12.5 Å². The molecule has 2 atom stereocenters. The summed E-state index contributed by atoms with van der Waals surface area (Å²) in [5.74, 6) is 0.971. The monoisotopic (exact) mass is 278 g/mol. The van der Waals surface area contributed by atoms with E-state index in [0.29, 0.717) is 23.9 Å². The van der Waals surface area contributed by atoms with Gasteiger partial charge in [0.1, 0.15) is 5.82 Å². The molecule has 1 aromatic rings. The fraction of sp³-hybridized carbons (Fsp3) is 0.562. The molecule has 110 valence electrons. The number of benzene rings is 1. The highest BCUT2D eigenvalue weighted by molar-refractivity contribution is 5.78. The Morgan fingerprint density at radius 1 is 1.30 bits per heavy atom. The van der Waals surface area contributed by atoms with Crippen molar-refractivity contribution < 1.29 is 9.18 Å². The zero-order valence-corrected chi connectivity index (χ0v) is 12.2. The summed E-state index contributed by atoms with van der Waals surface area (Å²) in [6.45, 7) is 7.04. The van der Waals surface area contributed by atoms with E-state index in [9.17, 15) is 9.18 Å². The SMILES string of the molecule is C[C@H]1C[C@H](C)CN(CC(=O)NCc2ccccc2F)C1. The average molecular weight is 278 g/mol. The minimum atomic E-state index is -0.270. The Balaban J connectivity index is 1.79. The van der Waals surface area contributed by atoms with Gasteiger partial charge in [0.2, 0.25) is 5.91 Å². The largest absolute Gasteiger partial charge is 0.351 e. The summed E-state index contributed by atoms with van der Waals surface area (Å²) >= 11 is 0. The third-order valence-corrected chi connectivity index (χ3v) is 3.75. The lowest BCUT2D eigenvalue weighted by molar-refractivity contribution is -0.123. The lowest BCUT2D eigenvalue weighted by Gasteiger charge is -2.34. The summed E-state index contributed by atoms with van der Waals surface area (Å²) < 4.78 is 13.4. The van der Waals surface area contributed by atoms with Gasteiger partial charge < -0.3 is 5.32 Å². The Morgan fingerprint density at radius 3 is 2.60 bits per heavy atom. The predicted octanol–water partition coefficient (Wildman–Crippen LogP) is 2.42. The lowest BCUT2D eigenvalue weighted by Crippen LogP contribution is -2.44. The van der Waals surface area contributed by atoms with Crippen LogP contribution < -0.4 is 5.32 Å². The van der Waals surface area contributed by atoms with Gasteiger partial charge in [-0.1, -0.05) is 32.0 Å². The van der Waals surface area contributed by atoms with Crippen LogP contribution in [-0.2, 0) is 11.3 Å². The maximum atomic E-state index is 13.4. The van der Waals surface area contributed by atoms with E-state index in [2.05, 4.69) is 24.1 Å². The van der Waals surface area contributed by atoms with E-state index in [1.807, 2.05) is 0 Å². The third-order valence-electron chi connectivity index (χ3n) is 3.75. The lowest BCUT2D eigenvalue weighted by atomic mass is 9.92. The van der Waals surface area contributed by atoms with Gasteiger partial charge >= 0.3 is 0 Å². The second kappa shape index (κ2) is 6.84. The molecule has 0 bridgehead atoms. The predicted molar refractivity (Wildman–Crippen MR) is 77.6 cm³/mol. The summed E-state index contributed by atoms with van der Waals surface area (Å²) in [5, 5.41) is 2.80. The Labute approximate surface area is 120 Å². The first-order valence-corrected chi connectivity index (χ1v) is 7.27. The zero-order chi connectivity index (χ0) is 14.5. The molecule has 0 aromatic heterocycles. The molecule has 1 N–H and O–H groups in total. The van der Waals surface area contributed by atoms with Crippen LogP contribution in [0.25, 0.3) is 0 Å². The van der Waals surface area contributed by atoms with Gasteiger partial charge in [0, 0.05) is 25.2 Å². The first kappa shape index (κ1) is 15.0. The number of hydrogen-bond donors (Lipinski definition) is 1. The number of likely N-dealkylation sites (tertiary alicyclic amines) is 1. The van der Waals surface area contributed by atoms with Crippen LogP contribution in [0, 0.1) is 17.7 Å². The molecule has 1 saturated heterocycles. The molecule has 4 heteroatoms. The van der Waals surface area contributed by atoms with Crippen molar-refractivity contribution in [1.29, 1.82) is 0 Å². The quantitative estimate of drug-likeness (QED) is 0.917. The molecule has 0 spiro atoms. The highest BCUT2D eigenvalue weighted by Crippen LogP contribution is 2.20. The van der Waals surface area contributed by atoms with Gasteiger partial charge in [0.25, 0.3) is 0 Å². The maximum Gasteiger partial charge on any atom is 0.234 e. The molecule has 2 rings (SSSR count). The summed E-state index contributed by atoms with van der Waals surface area (Å²) in [5.41, 5.74) is 0.529. The number of hydrogen-bond acceptors (Lipinski definition) is 2. The number of nitrogens with zero attached hydrogens (tertiary/aromatic N) is 1. The fourth-order valence-corrected chi connectivity index (χ4v) is 3.02. The second-order valence-electron chi connectivity index (χ2n) is 6.01. The van der Waals surface area contributed by atoms with Gasteiger partial charge in [-0.3, -0.25) is 9.69 Å². The van der Waals surface area contributed by atoms with E-state index in [1.54, 1.807) is 18.2 Å². The molecular formula is C16H23FN2O. The van der Waals surface area contributed by atoms with Crippen LogP contribution in [0.5, 0.6) is 0 Å². The van der Waals surface area contributed by atoms with Crippen LogP contribution in [-0.4, -0.2) is 30.4 Å².